The number of halogens is 1. The molecule has 1 rings (SSSR count). The molecule has 0 aliphatic heterocycles. The molecule has 0 amide bonds. The predicted molar refractivity (Wildman–Crippen MR) is 68.2 cm³/mol. The molecule has 3 heteroatoms. The molecule has 0 aliphatic rings. The van der Waals surface area contributed by atoms with Gasteiger partial charge in [-0.2, -0.15) is 5.26 Å². The van der Waals surface area contributed by atoms with E-state index in [0.29, 0.717) is 6.42 Å². The number of nitriles is 1. The van der Waals surface area contributed by atoms with Crippen molar-refractivity contribution in [1.29, 1.82) is 5.26 Å². The van der Waals surface area contributed by atoms with E-state index in [4.69, 9.17) is 16.9 Å². The summed E-state index contributed by atoms with van der Waals surface area (Å²) in [5.74, 6) is 0. The zero-order chi connectivity index (χ0) is 11.6. The fourth-order valence-corrected chi connectivity index (χ4v) is 1.37. The van der Waals surface area contributed by atoms with Crippen molar-refractivity contribution in [2.24, 2.45) is 0 Å². The van der Waals surface area contributed by atoms with Crippen LogP contribution in [0.15, 0.2) is 30.3 Å². The van der Waals surface area contributed by atoms with Crippen LogP contribution >= 0.6 is 11.6 Å². The first kappa shape index (κ1) is 12.8. The Morgan fingerprint density at radius 1 is 1.25 bits per heavy atom. The average molecular weight is 235 g/mol. The molecule has 0 saturated heterocycles. The van der Waals surface area contributed by atoms with Gasteiger partial charge in [-0.15, -0.1) is 0 Å². The van der Waals surface area contributed by atoms with Gasteiger partial charge in [0.05, 0.1) is 6.07 Å². The number of hydrogen-bond donors (Lipinski definition) is 1. The van der Waals surface area contributed by atoms with Crippen LogP contribution in [0.5, 0.6) is 0 Å². The smallest absolute Gasteiger partial charge is 0.0635 e. The lowest BCUT2D eigenvalue weighted by molar-refractivity contribution is 0.701. The summed E-state index contributed by atoms with van der Waals surface area (Å²) in [4.78, 5) is 0. The molecule has 0 aromatic heterocycles. The number of benzene rings is 1. The third kappa shape index (κ3) is 5.55. The quantitative estimate of drug-likeness (QED) is 0.767. The molecule has 0 unspecified atom stereocenters. The van der Waals surface area contributed by atoms with E-state index in [1.165, 1.54) is 0 Å². The van der Waals surface area contributed by atoms with Crippen LogP contribution in [0.3, 0.4) is 0 Å². The van der Waals surface area contributed by atoms with Crippen molar-refractivity contribution in [3.63, 3.8) is 0 Å². The minimum atomic E-state index is 0.570. The third-order valence-electron chi connectivity index (χ3n) is 2.08. The second-order valence-corrected chi connectivity index (χ2v) is 3.84. The summed E-state index contributed by atoms with van der Waals surface area (Å²) in [6.07, 6.45) is 5.72. The van der Waals surface area contributed by atoms with Crippen LogP contribution < -0.4 is 5.32 Å². The second-order valence-electron chi connectivity index (χ2n) is 3.40. The van der Waals surface area contributed by atoms with Crippen molar-refractivity contribution in [1.82, 2.24) is 5.32 Å². The number of rotatable bonds is 6. The maximum absolute atomic E-state index is 8.33. The molecular formula is C13H15ClN2. The van der Waals surface area contributed by atoms with Crippen molar-refractivity contribution in [2.75, 3.05) is 13.1 Å². The lowest BCUT2D eigenvalue weighted by Crippen LogP contribution is -2.15. The summed E-state index contributed by atoms with van der Waals surface area (Å²) in [6, 6.07) is 9.84. The molecule has 0 aliphatic carbocycles. The van der Waals surface area contributed by atoms with Gasteiger partial charge in [-0.25, -0.2) is 0 Å². The molecule has 16 heavy (non-hydrogen) atoms. The Labute approximate surface area is 102 Å². The highest BCUT2D eigenvalue weighted by Crippen LogP contribution is 2.10. The third-order valence-corrected chi connectivity index (χ3v) is 2.33. The van der Waals surface area contributed by atoms with Gasteiger partial charge >= 0.3 is 0 Å². The number of nitrogens with zero attached hydrogens (tertiary/aromatic N) is 1. The van der Waals surface area contributed by atoms with Crippen molar-refractivity contribution in [3.05, 3.63) is 40.9 Å². The molecule has 1 aromatic rings. The van der Waals surface area contributed by atoms with E-state index in [2.05, 4.69) is 23.5 Å². The van der Waals surface area contributed by atoms with Gasteiger partial charge in [0.15, 0.2) is 0 Å². The van der Waals surface area contributed by atoms with E-state index in [1.807, 2.05) is 24.3 Å². The molecule has 2 nitrogen and oxygen atoms in total. The Kier molecular flexibility index (Phi) is 6.32. The van der Waals surface area contributed by atoms with Gasteiger partial charge in [0.1, 0.15) is 0 Å². The summed E-state index contributed by atoms with van der Waals surface area (Å²) in [5, 5.41) is 12.3. The first-order chi connectivity index (χ1) is 7.83. The second kappa shape index (κ2) is 7.92. The van der Waals surface area contributed by atoms with E-state index in [1.54, 1.807) is 0 Å². The van der Waals surface area contributed by atoms with Gasteiger partial charge in [-0.1, -0.05) is 35.9 Å². The molecule has 0 bridgehead atoms. The zero-order valence-electron chi connectivity index (χ0n) is 9.12. The SMILES string of the molecule is N#CCCNCC/C=C/c1ccc(Cl)cc1. The van der Waals surface area contributed by atoms with Crippen LogP contribution in [0.4, 0.5) is 0 Å². The van der Waals surface area contributed by atoms with Crippen molar-refractivity contribution < 1.29 is 0 Å². The fraction of sp³-hybridized carbons (Fsp3) is 0.308. The summed E-state index contributed by atoms with van der Waals surface area (Å²) in [7, 11) is 0. The molecule has 1 aromatic carbocycles. The topological polar surface area (TPSA) is 35.8 Å². The van der Waals surface area contributed by atoms with Crippen LogP contribution in [0.25, 0.3) is 6.08 Å². The molecule has 0 fully saturated rings. The normalized spacial score (nSPS) is 10.5. The van der Waals surface area contributed by atoms with E-state index >= 15 is 0 Å². The molecule has 0 heterocycles. The van der Waals surface area contributed by atoms with E-state index in [9.17, 15) is 0 Å². The molecule has 0 saturated carbocycles. The van der Waals surface area contributed by atoms with Crippen LogP contribution in [0.2, 0.25) is 5.02 Å². The van der Waals surface area contributed by atoms with E-state index in [-0.39, 0.29) is 0 Å². The number of hydrogen-bond acceptors (Lipinski definition) is 2. The maximum Gasteiger partial charge on any atom is 0.0635 e. The van der Waals surface area contributed by atoms with Gasteiger partial charge in [0.2, 0.25) is 0 Å². The van der Waals surface area contributed by atoms with Crippen LogP contribution in [-0.2, 0) is 0 Å². The minimum absolute atomic E-state index is 0.570. The van der Waals surface area contributed by atoms with Gasteiger partial charge in [-0.05, 0) is 30.7 Å². The lowest BCUT2D eigenvalue weighted by atomic mass is 10.2. The van der Waals surface area contributed by atoms with Crippen LogP contribution in [-0.4, -0.2) is 13.1 Å². The zero-order valence-corrected chi connectivity index (χ0v) is 9.87. The van der Waals surface area contributed by atoms with Gasteiger partial charge < -0.3 is 5.32 Å². The first-order valence-corrected chi connectivity index (χ1v) is 5.70. The Hall–Kier alpha value is -1.30. The fourth-order valence-electron chi connectivity index (χ4n) is 1.25. The molecular weight excluding hydrogens is 220 g/mol. The molecule has 0 spiro atoms. The summed E-state index contributed by atoms with van der Waals surface area (Å²) < 4.78 is 0. The van der Waals surface area contributed by atoms with Gasteiger partial charge in [0.25, 0.3) is 0 Å². The highest BCUT2D eigenvalue weighted by atomic mass is 35.5. The lowest BCUT2D eigenvalue weighted by Gasteiger charge is -1.97. The van der Waals surface area contributed by atoms with Crippen LogP contribution in [0, 0.1) is 11.3 Å². The highest BCUT2D eigenvalue weighted by molar-refractivity contribution is 6.30. The summed E-state index contributed by atoms with van der Waals surface area (Å²) in [5.41, 5.74) is 1.15. The summed E-state index contributed by atoms with van der Waals surface area (Å²) >= 11 is 5.78. The Morgan fingerprint density at radius 3 is 2.69 bits per heavy atom. The Balaban J connectivity index is 2.17. The Bertz CT molecular complexity index is 363. The Morgan fingerprint density at radius 2 is 2.00 bits per heavy atom. The largest absolute Gasteiger partial charge is 0.315 e. The van der Waals surface area contributed by atoms with E-state index < -0.39 is 0 Å². The van der Waals surface area contributed by atoms with Crippen LogP contribution in [0.1, 0.15) is 18.4 Å². The number of nitrogens with one attached hydrogen (secondary N) is 1. The molecule has 1 N–H and O–H groups in total. The standard InChI is InChI=1S/C13H15ClN2/c14-13-7-5-12(6-8-13)4-1-2-10-16-11-3-9-15/h1,4-8,16H,2-3,10-11H2/b4-1+. The summed E-state index contributed by atoms with van der Waals surface area (Å²) in [6.45, 7) is 1.68. The predicted octanol–water partition coefficient (Wildman–Crippen LogP) is 3.25. The van der Waals surface area contributed by atoms with Crippen molar-refractivity contribution >= 4 is 17.7 Å². The van der Waals surface area contributed by atoms with Crippen molar-refractivity contribution in [2.45, 2.75) is 12.8 Å². The molecule has 84 valence electrons. The minimum Gasteiger partial charge on any atom is -0.315 e. The average Bonchev–Trinajstić information content (AvgIpc) is 2.30. The monoisotopic (exact) mass is 234 g/mol. The van der Waals surface area contributed by atoms with Gasteiger partial charge in [0, 0.05) is 18.0 Å². The van der Waals surface area contributed by atoms with Gasteiger partial charge in [-0.3, -0.25) is 0 Å². The van der Waals surface area contributed by atoms with E-state index in [0.717, 1.165) is 30.1 Å². The molecule has 0 atom stereocenters. The first-order valence-electron chi connectivity index (χ1n) is 5.32. The van der Waals surface area contributed by atoms with Crippen molar-refractivity contribution in [3.8, 4) is 6.07 Å². The maximum atomic E-state index is 8.33. The molecule has 0 radical (unpaired) electrons. The highest BCUT2D eigenvalue weighted by Gasteiger charge is 1.87.